The van der Waals surface area contributed by atoms with E-state index in [2.05, 4.69) is 48.4 Å². The molecule has 0 saturated carbocycles. The maximum absolute atomic E-state index is 13.0. The summed E-state index contributed by atoms with van der Waals surface area (Å²) in [5, 5.41) is 13.7. The molecule has 53 heavy (non-hydrogen) atoms. The highest BCUT2D eigenvalue weighted by molar-refractivity contribution is 6.29. The van der Waals surface area contributed by atoms with Crippen LogP contribution in [0.5, 0.6) is 0 Å². The van der Waals surface area contributed by atoms with Crippen LogP contribution in [0.15, 0.2) is 79.1 Å². The van der Waals surface area contributed by atoms with Gasteiger partial charge in [-0.3, -0.25) is 34.2 Å². The van der Waals surface area contributed by atoms with E-state index in [1.165, 1.54) is 24.5 Å². The molecule has 7 amide bonds. The standard InChI is InChI=1S/C37H31ClN8O7/c38-31-21-27(11-13-41-31)44-37(52)43-26-10-12-39-24(19-26)5-4-22-2-1-3-23(18-22)33(48)42-15-17-53-16-14-40-25-6-7-28-29(20-25)36(51)46(35(28)50)30-8-9-32(47)45-34(30)49/h1-3,6-7,10-13,18-21,30,40H,8-9,14-17H2,(H,42,48)(H,45,47,49)(H2,39,41,43,44,52). The number of anilines is 3. The summed E-state index contributed by atoms with van der Waals surface area (Å²) in [6, 6.07) is 16.4. The number of nitrogens with zero attached hydrogens (tertiary/aromatic N) is 3. The molecular formula is C37H31ClN8O7. The number of nitrogens with one attached hydrogen (secondary N) is 5. The van der Waals surface area contributed by atoms with Gasteiger partial charge in [-0.15, -0.1) is 0 Å². The van der Waals surface area contributed by atoms with Crippen LogP contribution in [-0.4, -0.2) is 82.8 Å². The van der Waals surface area contributed by atoms with Gasteiger partial charge in [0.05, 0.1) is 24.3 Å². The first kappa shape index (κ1) is 36.2. The quantitative estimate of drug-likeness (QED) is 0.0658. The third kappa shape index (κ3) is 9.19. The lowest BCUT2D eigenvalue weighted by Crippen LogP contribution is -2.54. The molecule has 0 aliphatic carbocycles. The maximum Gasteiger partial charge on any atom is 0.323 e. The Balaban J connectivity index is 0.919. The van der Waals surface area contributed by atoms with E-state index < -0.39 is 35.7 Å². The molecule has 2 aromatic carbocycles. The van der Waals surface area contributed by atoms with Gasteiger partial charge in [0.2, 0.25) is 11.8 Å². The summed E-state index contributed by atoms with van der Waals surface area (Å²) in [6.45, 7) is 1.18. The van der Waals surface area contributed by atoms with Crippen LogP contribution < -0.4 is 26.6 Å². The number of fused-ring (bicyclic) bond motifs is 1. The van der Waals surface area contributed by atoms with Gasteiger partial charge in [0, 0.05) is 60.1 Å². The lowest BCUT2D eigenvalue weighted by molar-refractivity contribution is -0.136. The zero-order valence-corrected chi connectivity index (χ0v) is 28.7. The van der Waals surface area contributed by atoms with E-state index in [1.54, 1.807) is 54.6 Å². The number of pyridine rings is 2. The monoisotopic (exact) mass is 734 g/mol. The van der Waals surface area contributed by atoms with Crippen LogP contribution in [0.25, 0.3) is 0 Å². The summed E-state index contributed by atoms with van der Waals surface area (Å²) in [7, 11) is 0. The number of urea groups is 1. The minimum absolute atomic E-state index is 0.0488. The number of aromatic nitrogens is 2. The molecule has 0 radical (unpaired) electrons. The average molecular weight is 735 g/mol. The Morgan fingerprint density at radius 1 is 0.849 bits per heavy atom. The highest BCUT2D eigenvalue weighted by atomic mass is 35.5. The van der Waals surface area contributed by atoms with Crippen LogP contribution >= 0.6 is 11.6 Å². The van der Waals surface area contributed by atoms with Crippen molar-refractivity contribution in [1.82, 2.24) is 25.5 Å². The number of ether oxygens (including phenoxy) is 1. The van der Waals surface area contributed by atoms with Gasteiger partial charge >= 0.3 is 6.03 Å². The topological polar surface area (TPSA) is 201 Å². The fourth-order valence-electron chi connectivity index (χ4n) is 5.51. The van der Waals surface area contributed by atoms with Crippen molar-refractivity contribution in [2.45, 2.75) is 18.9 Å². The van der Waals surface area contributed by atoms with Crippen molar-refractivity contribution in [3.05, 3.63) is 112 Å². The smallest absolute Gasteiger partial charge is 0.323 e. The number of carbonyl (C=O) groups is 6. The minimum atomic E-state index is -1.03. The van der Waals surface area contributed by atoms with E-state index in [0.717, 1.165) is 4.90 Å². The molecule has 4 aromatic rings. The summed E-state index contributed by atoms with van der Waals surface area (Å²) in [4.78, 5) is 83.8. The van der Waals surface area contributed by atoms with Crippen LogP contribution in [0, 0.1) is 11.8 Å². The van der Waals surface area contributed by atoms with Crippen LogP contribution in [0.1, 0.15) is 55.2 Å². The Hall–Kier alpha value is -6.63. The van der Waals surface area contributed by atoms with Crippen LogP contribution in [0.3, 0.4) is 0 Å². The van der Waals surface area contributed by atoms with E-state index >= 15 is 0 Å². The molecule has 2 aliphatic rings. The highest BCUT2D eigenvalue weighted by Gasteiger charge is 2.44. The summed E-state index contributed by atoms with van der Waals surface area (Å²) in [6.07, 6.45) is 3.13. The molecule has 6 rings (SSSR count). The van der Waals surface area contributed by atoms with E-state index in [9.17, 15) is 28.8 Å². The van der Waals surface area contributed by atoms with Gasteiger partial charge in [-0.05, 0) is 73.0 Å². The number of halogens is 1. The molecule has 268 valence electrons. The molecule has 0 spiro atoms. The summed E-state index contributed by atoms with van der Waals surface area (Å²) >= 11 is 5.86. The van der Waals surface area contributed by atoms with E-state index in [0.29, 0.717) is 47.0 Å². The van der Waals surface area contributed by atoms with E-state index in [4.69, 9.17) is 16.3 Å². The van der Waals surface area contributed by atoms with Crippen molar-refractivity contribution in [3.63, 3.8) is 0 Å². The zero-order valence-electron chi connectivity index (χ0n) is 27.9. The van der Waals surface area contributed by atoms with Crippen molar-refractivity contribution in [3.8, 4) is 11.8 Å². The number of hydrogen-bond donors (Lipinski definition) is 5. The molecular weight excluding hydrogens is 704 g/mol. The molecule has 15 nitrogen and oxygen atoms in total. The van der Waals surface area contributed by atoms with Crippen molar-refractivity contribution in [2.24, 2.45) is 0 Å². The van der Waals surface area contributed by atoms with Gasteiger partial charge in [0.25, 0.3) is 17.7 Å². The lowest BCUT2D eigenvalue weighted by Gasteiger charge is -2.27. The number of hydrogen-bond acceptors (Lipinski definition) is 10. The number of piperidine rings is 1. The second-order valence-electron chi connectivity index (χ2n) is 11.7. The minimum Gasteiger partial charge on any atom is -0.383 e. The number of carbonyl (C=O) groups excluding carboxylic acids is 6. The van der Waals surface area contributed by atoms with E-state index in [-0.39, 0.29) is 48.2 Å². The Bertz CT molecular complexity index is 2180. The molecule has 1 saturated heterocycles. The number of benzene rings is 2. The molecule has 1 unspecified atom stereocenters. The van der Waals surface area contributed by atoms with Crippen LogP contribution in [0.4, 0.5) is 21.9 Å². The van der Waals surface area contributed by atoms with Crippen molar-refractivity contribution in [2.75, 3.05) is 42.3 Å². The van der Waals surface area contributed by atoms with Gasteiger partial charge < -0.3 is 26.0 Å². The fourth-order valence-corrected chi connectivity index (χ4v) is 5.69. The number of amides is 7. The van der Waals surface area contributed by atoms with Gasteiger partial charge in [-0.25, -0.2) is 14.8 Å². The molecule has 1 fully saturated rings. The fraction of sp³-hybridized carbons (Fsp3) is 0.189. The van der Waals surface area contributed by atoms with E-state index in [1.807, 2.05) is 0 Å². The predicted molar refractivity (Wildman–Crippen MR) is 193 cm³/mol. The van der Waals surface area contributed by atoms with Crippen molar-refractivity contribution in [1.29, 1.82) is 0 Å². The Labute approximate surface area is 307 Å². The zero-order chi connectivity index (χ0) is 37.3. The normalized spacial score (nSPS) is 14.8. The molecule has 1 atom stereocenters. The second kappa shape index (κ2) is 16.6. The summed E-state index contributed by atoms with van der Waals surface area (Å²) < 4.78 is 5.62. The van der Waals surface area contributed by atoms with Gasteiger partial charge in [0.1, 0.15) is 16.9 Å². The Kier molecular flexibility index (Phi) is 11.3. The predicted octanol–water partition coefficient (Wildman–Crippen LogP) is 3.43. The Morgan fingerprint density at radius 2 is 1.60 bits per heavy atom. The third-order valence-corrected chi connectivity index (χ3v) is 8.22. The van der Waals surface area contributed by atoms with Crippen LogP contribution in [0.2, 0.25) is 5.15 Å². The highest BCUT2D eigenvalue weighted by Crippen LogP contribution is 2.29. The average Bonchev–Trinajstić information content (AvgIpc) is 3.38. The first-order chi connectivity index (χ1) is 25.6. The number of rotatable bonds is 11. The third-order valence-electron chi connectivity index (χ3n) is 8.01. The first-order valence-electron chi connectivity index (χ1n) is 16.4. The van der Waals surface area contributed by atoms with Gasteiger partial charge in [-0.1, -0.05) is 23.6 Å². The Morgan fingerprint density at radius 3 is 2.40 bits per heavy atom. The maximum atomic E-state index is 13.0. The molecule has 0 bridgehead atoms. The SMILES string of the molecule is O=C1CCC(N2C(=O)c3ccc(NCCOCCNC(=O)c4cccc(C#Cc5cc(NC(=O)Nc6ccnc(Cl)c6)ccn5)c4)cc3C2=O)C(=O)N1. The first-order valence-corrected chi connectivity index (χ1v) is 16.8. The summed E-state index contributed by atoms with van der Waals surface area (Å²) in [5.74, 6) is 3.38. The molecule has 5 N–H and O–H groups in total. The van der Waals surface area contributed by atoms with Crippen molar-refractivity contribution >= 4 is 64.2 Å². The molecule has 2 aliphatic heterocycles. The molecule has 4 heterocycles. The lowest BCUT2D eigenvalue weighted by atomic mass is 10.0. The van der Waals surface area contributed by atoms with Gasteiger partial charge in [-0.2, -0.15) is 0 Å². The molecule has 16 heteroatoms. The van der Waals surface area contributed by atoms with Crippen LogP contribution in [-0.2, 0) is 14.3 Å². The van der Waals surface area contributed by atoms with Crippen molar-refractivity contribution < 1.29 is 33.5 Å². The summed E-state index contributed by atoms with van der Waals surface area (Å²) in [5.41, 5.74) is 3.34. The second-order valence-corrected chi connectivity index (χ2v) is 12.1. The number of imide groups is 2. The van der Waals surface area contributed by atoms with Gasteiger partial charge in [0.15, 0.2) is 0 Å². The molecule has 2 aromatic heterocycles. The largest absolute Gasteiger partial charge is 0.383 e.